The molecule has 0 N–H and O–H groups in total. The summed E-state index contributed by atoms with van der Waals surface area (Å²) in [7, 11) is 0. The molecule has 1 aromatic rings. The molecule has 17 heavy (non-hydrogen) atoms. The van der Waals surface area contributed by atoms with Crippen LogP contribution in [0, 0.1) is 17.2 Å². The van der Waals surface area contributed by atoms with Crippen LogP contribution < -0.4 is 4.74 Å². The summed E-state index contributed by atoms with van der Waals surface area (Å²) in [6.45, 7) is 4.12. The van der Waals surface area contributed by atoms with Gasteiger partial charge in [0.1, 0.15) is 12.4 Å². The molecule has 90 valence electrons. The molecule has 4 heteroatoms. The van der Waals surface area contributed by atoms with Gasteiger partial charge in [0.2, 0.25) is 0 Å². The van der Waals surface area contributed by atoms with Crippen molar-refractivity contribution in [2.24, 2.45) is 5.92 Å². The second kappa shape index (κ2) is 6.54. The fourth-order valence-corrected chi connectivity index (χ4v) is 1.23. The largest absolute Gasteiger partial charge is 0.493 e. The van der Waals surface area contributed by atoms with E-state index in [1.807, 2.05) is 6.07 Å². The van der Waals surface area contributed by atoms with Crippen LogP contribution in [0.3, 0.4) is 0 Å². The van der Waals surface area contributed by atoms with Crippen LogP contribution in [0.5, 0.6) is 5.75 Å². The van der Waals surface area contributed by atoms with Gasteiger partial charge in [-0.1, -0.05) is 6.07 Å². The molecule has 0 saturated heterocycles. The molecule has 0 saturated carbocycles. The number of nitriles is 1. The Labute approximate surface area is 101 Å². The Morgan fingerprint density at radius 3 is 2.94 bits per heavy atom. The van der Waals surface area contributed by atoms with E-state index < -0.39 is 0 Å². The third-order valence-electron chi connectivity index (χ3n) is 2.15. The quantitative estimate of drug-likeness (QED) is 0.731. The highest BCUT2D eigenvalue weighted by molar-refractivity contribution is 5.72. The highest BCUT2D eigenvalue weighted by Gasteiger charge is 2.14. The van der Waals surface area contributed by atoms with Crippen LogP contribution >= 0.6 is 0 Å². The number of esters is 1. The summed E-state index contributed by atoms with van der Waals surface area (Å²) in [6, 6.07) is 8.85. The van der Waals surface area contributed by atoms with Crippen LogP contribution in [0.25, 0.3) is 0 Å². The smallest absolute Gasteiger partial charge is 0.312 e. The van der Waals surface area contributed by atoms with Gasteiger partial charge in [-0.25, -0.2) is 0 Å². The van der Waals surface area contributed by atoms with E-state index in [1.165, 1.54) is 0 Å². The first-order valence-corrected chi connectivity index (χ1v) is 5.47. The molecule has 1 unspecified atom stereocenters. The van der Waals surface area contributed by atoms with Crippen molar-refractivity contribution in [2.45, 2.75) is 13.8 Å². The molecule has 0 aliphatic carbocycles. The Kier molecular flexibility index (Phi) is 5.02. The molecule has 1 atom stereocenters. The predicted octanol–water partition coefficient (Wildman–Crippen LogP) is 2.14. The standard InChI is InChI=1S/C13H15NO3/c1-3-16-13(15)10(2)9-17-12-6-4-5-11(7-12)8-14/h4-7,10H,3,9H2,1-2H3. The van der Waals surface area contributed by atoms with Crippen molar-refractivity contribution < 1.29 is 14.3 Å². The average Bonchev–Trinajstić information content (AvgIpc) is 2.36. The average molecular weight is 233 g/mol. The van der Waals surface area contributed by atoms with Gasteiger partial charge in [0.05, 0.1) is 24.2 Å². The minimum absolute atomic E-state index is 0.244. The van der Waals surface area contributed by atoms with E-state index in [0.29, 0.717) is 17.9 Å². The van der Waals surface area contributed by atoms with Crippen molar-refractivity contribution in [3.63, 3.8) is 0 Å². The molecule has 0 fully saturated rings. The van der Waals surface area contributed by atoms with Gasteiger partial charge < -0.3 is 9.47 Å². The minimum atomic E-state index is -0.319. The lowest BCUT2D eigenvalue weighted by Gasteiger charge is -2.12. The molecule has 1 aromatic carbocycles. The molecule has 0 aliphatic rings. The van der Waals surface area contributed by atoms with E-state index in [9.17, 15) is 4.79 Å². The topological polar surface area (TPSA) is 59.3 Å². The van der Waals surface area contributed by atoms with Crippen molar-refractivity contribution in [2.75, 3.05) is 13.2 Å². The summed E-state index contributed by atoms with van der Waals surface area (Å²) < 4.78 is 10.3. The summed E-state index contributed by atoms with van der Waals surface area (Å²) in [5, 5.41) is 8.72. The van der Waals surface area contributed by atoms with E-state index in [1.54, 1.807) is 38.1 Å². The van der Waals surface area contributed by atoms with Crippen LogP contribution in [0.1, 0.15) is 19.4 Å². The minimum Gasteiger partial charge on any atom is -0.493 e. The Hall–Kier alpha value is -2.02. The van der Waals surface area contributed by atoms with Crippen molar-refractivity contribution in [3.8, 4) is 11.8 Å². The first-order valence-electron chi connectivity index (χ1n) is 5.47. The summed E-state index contributed by atoms with van der Waals surface area (Å²) >= 11 is 0. The van der Waals surface area contributed by atoms with Gasteiger partial charge in [-0.2, -0.15) is 5.26 Å². The van der Waals surface area contributed by atoms with Crippen LogP contribution in [0.2, 0.25) is 0 Å². The van der Waals surface area contributed by atoms with Crippen molar-refractivity contribution >= 4 is 5.97 Å². The van der Waals surface area contributed by atoms with Crippen molar-refractivity contribution in [3.05, 3.63) is 29.8 Å². The lowest BCUT2D eigenvalue weighted by atomic mass is 10.2. The van der Waals surface area contributed by atoms with E-state index in [2.05, 4.69) is 0 Å². The molecule has 0 amide bonds. The van der Waals surface area contributed by atoms with Crippen molar-refractivity contribution in [1.29, 1.82) is 5.26 Å². The van der Waals surface area contributed by atoms with E-state index in [0.717, 1.165) is 0 Å². The third kappa shape index (κ3) is 4.15. The summed E-state index contributed by atoms with van der Waals surface area (Å²) in [5.41, 5.74) is 0.534. The van der Waals surface area contributed by atoms with Gasteiger partial charge in [-0.15, -0.1) is 0 Å². The lowest BCUT2D eigenvalue weighted by Crippen LogP contribution is -2.21. The fraction of sp³-hybridized carbons (Fsp3) is 0.385. The zero-order chi connectivity index (χ0) is 12.7. The first-order chi connectivity index (χ1) is 8.17. The molecule has 0 aromatic heterocycles. The molecule has 4 nitrogen and oxygen atoms in total. The normalized spacial score (nSPS) is 11.4. The molecule has 0 bridgehead atoms. The predicted molar refractivity (Wildman–Crippen MR) is 62.4 cm³/mol. The monoisotopic (exact) mass is 233 g/mol. The maximum Gasteiger partial charge on any atom is 0.312 e. The summed E-state index contributed by atoms with van der Waals surface area (Å²) in [4.78, 5) is 11.3. The molecule has 0 radical (unpaired) electrons. The van der Waals surface area contributed by atoms with Crippen LogP contribution in [0.15, 0.2) is 24.3 Å². The second-order valence-electron chi connectivity index (χ2n) is 3.60. The Morgan fingerprint density at radius 1 is 1.53 bits per heavy atom. The van der Waals surface area contributed by atoms with Gasteiger partial charge in [-0.3, -0.25) is 4.79 Å². The SMILES string of the molecule is CCOC(=O)C(C)COc1cccc(C#N)c1. The van der Waals surface area contributed by atoms with Gasteiger partial charge >= 0.3 is 5.97 Å². The number of ether oxygens (including phenoxy) is 2. The maximum absolute atomic E-state index is 11.3. The van der Waals surface area contributed by atoms with Crippen molar-refractivity contribution in [1.82, 2.24) is 0 Å². The van der Waals surface area contributed by atoms with Crippen LogP contribution in [-0.4, -0.2) is 19.2 Å². The molecular weight excluding hydrogens is 218 g/mol. The number of carbonyl (C=O) groups is 1. The Morgan fingerprint density at radius 2 is 2.29 bits per heavy atom. The number of nitrogens with zero attached hydrogens (tertiary/aromatic N) is 1. The maximum atomic E-state index is 11.3. The number of carbonyl (C=O) groups excluding carboxylic acids is 1. The Bertz CT molecular complexity index is 423. The highest BCUT2D eigenvalue weighted by atomic mass is 16.5. The molecule has 1 rings (SSSR count). The molecular formula is C13H15NO3. The fourth-order valence-electron chi connectivity index (χ4n) is 1.23. The first kappa shape index (κ1) is 13.0. The van der Waals surface area contributed by atoms with E-state index in [4.69, 9.17) is 14.7 Å². The third-order valence-corrected chi connectivity index (χ3v) is 2.15. The van der Waals surface area contributed by atoms with E-state index >= 15 is 0 Å². The molecule has 0 heterocycles. The number of benzene rings is 1. The number of rotatable bonds is 5. The summed E-state index contributed by atoms with van der Waals surface area (Å²) in [5.74, 6) is -0.00942. The lowest BCUT2D eigenvalue weighted by molar-refractivity contribution is -0.148. The van der Waals surface area contributed by atoms with Gasteiger partial charge in [0.15, 0.2) is 0 Å². The number of hydrogen-bond acceptors (Lipinski definition) is 4. The zero-order valence-corrected chi connectivity index (χ0v) is 9.97. The second-order valence-corrected chi connectivity index (χ2v) is 3.60. The van der Waals surface area contributed by atoms with Gasteiger partial charge in [-0.05, 0) is 32.0 Å². The molecule has 0 aliphatic heterocycles. The zero-order valence-electron chi connectivity index (χ0n) is 9.97. The molecule has 0 spiro atoms. The van der Waals surface area contributed by atoms with E-state index in [-0.39, 0.29) is 18.5 Å². The summed E-state index contributed by atoms with van der Waals surface area (Å²) in [6.07, 6.45) is 0. The van der Waals surface area contributed by atoms with Gasteiger partial charge in [0, 0.05) is 0 Å². The Balaban J connectivity index is 2.50. The van der Waals surface area contributed by atoms with Gasteiger partial charge in [0.25, 0.3) is 0 Å². The van der Waals surface area contributed by atoms with Crippen LogP contribution in [0.4, 0.5) is 0 Å². The highest BCUT2D eigenvalue weighted by Crippen LogP contribution is 2.13. The van der Waals surface area contributed by atoms with Crippen LogP contribution in [-0.2, 0) is 9.53 Å². The number of hydrogen-bond donors (Lipinski definition) is 0.